The number of hydrogen-bond donors (Lipinski definition) is 2. The molecule has 0 radical (unpaired) electrons. The summed E-state index contributed by atoms with van der Waals surface area (Å²) in [4.78, 5) is 27.0. The van der Waals surface area contributed by atoms with E-state index < -0.39 is 5.82 Å². The third-order valence-corrected chi connectivity index (χ3v) is 6.04. The van der Waals surface area contributed by atoms with Crippen LogP contribution in [0.3, 0.4) is 0 Å². The van der Waals surface area contributed by atoms with E-state index in [1.165, 1.54) is 23.4 Å². The van der Waals surface area contributed by atoms with Crippen molar-refractivity contribution in [3.8, 4) is 5.75 Å². The quantitative estimate of drug-likeness (QED) is 0.695. The summed E-state index contributed by atoms with van der Waals surface area (Å²) in [7, 11) is 1.67. The number of anilines is 2. The fourth-order valence-corrected chi connectivity index (χ4v) is 4.35. The van der Waals surface area contributed by atoms with Crippen LogP contribution in [0, 0.1) is 5.82 Å². The summed E-state index contributed by atoms with van der Waals surface area (Å²) in [5.74, 6) is -0.00428. The monoisotopic (exact) mass is 425 g/mol. The number of nitrogens with one attached hydrogen (secondary N) is 2. The normalized spacial score (nSPS) is 17.5. The molecule has 164 valence electrons. The number of benzene rings is 2. The van der Waals surface area contributed by atoms with Crippen LogP contribution in [-0.4, -0.2) is 44.5 Å². The highest BCUT2D eigenvalue weighted by molar-refractivity contribution is 6.03. The van der Waals surface area contributed by atoms with Crippen LogP contribution in [-0.2, 0) is 17.6 Å². The molecule has 2 heterocycles. The first-order valence-corrected chi connectivity index (χ1v) is 10.8. The standard InChI is InChI=1S/C24H28FN3O3/c1-15-22(29)12-17-11-18(25)13-20(23(17)27-15)24(30)26-8-4-10-28-9-3-5-16-6-7-19(31-2)14-21(16)28/h6-7,11,13-15,27H,3-5,8-10,12H2,1-2H3,(H,26,30). The molecule has 1 unspecified atom stereocenters. The number of carbonyl (C=O) groups is 2. The van der Waals surface area contributed by atoms with Gasteiger partial charge in [0.15, 0.2) is 5.78 Å². The number of rotatable bonds is 6. The Morgan fingerprint density at radius 3 is 2.94 bits per heavy atom. The largest absolute Gasteiger partial charge is 0.497 e. The Labute approximate surface area is 181 Å². The van der Waals surface area contributed by atoms with Gasteiger partial charge in [0, 0.05) is 37.8 Å². The van der Waals surface area contributed by atoms with Gasteiger partial charge in [-0.3, -0.25) is 9.59 Å². The van der Waals surface area contributed by atoms with Crippen molar-refractivity contribution in [3.63, 3.8) is 0 Å². The van der Waals surface area contributed by atoms with Gasteiger partial charge in [-0.05, 0) is 55.5 Å². The van der Waals surface area contributed by atoms with E-state index in [1.54, 1.807) is 14.0 Å². The van der Waals surface area contributed by atoms with E-state index >= 15 is 0 Å². The summed E-state index contributed by atoms with van der Waals surface area (Å²) in [6.45, 7) is 4.02. The number of Topliss-reactive ketones (excluding diaryl/α,β-unsaturated/α-hetero) is 1. The molecule has 6 nitrogen and oxygen atoms in total. The molecule has 31 heavy (non-hydrogen) atoms. The van der Waals surface area contributed by atoms with Crippen LogP contribution >= 0.6 is 0 Å². The van der Waals surface area contributed by atoms with E-state index in [0.29, 0.717) is 17.8 Å². The van der Waals surface area contributed by atoms with Gasteiger partial charge in [-0.15, -0.1) is 0 Å². The van der Waals surface area contributed by atoms with Crippen LogP contribution in [0.15, 0.2) is 30.3 Å². The van der Waals surface area contributed by atoms with Crippen LogP contribution in [0.25, 0.3) is 0 Å². The van der Waals surface area contributed by atoms with Crippen LogP contribution in [0.4, 0.5) is 15.8 Å². The van der Waals surface area contributed by atoms with E-state index in [-0.39, 0.29) is 29.7 Å². The number of hydrogen-bond acceptors (Lipinski definition) is 5. The Kier molecular flexibility index (Phi) is 6.11. The summed E-state index contributed by atoms with van der Waals surface area (Å²) in [5.41, 5.74) is 3.86. The lowest BCUT2D eigenvalue weighted by atomic mass is 9.94. The maximum atomic E-state index is 14.0. The number of halogens is 1. The minimum absolute atomic E-state index is 0.0112. The molecule has 2 aliphatic heterocycles. The lowest BCUT2D eigenvalue weighted by Gasteiger charge is -2.31. The Bertz CT molecular complexity index is 1010. The molecule has 1 amide bonds. The zero-order chi connectivity index (χ0) is 22.0. The molecule has 0 fully saturated rings. The average Bonchev–Trinajstić information content (AvgIpc) is 2.77. The molecule has 0 saturated heterocycles. The van der Waals surface area contributed by atoms with Gasteiger partial charge in [-0.2, -0.15) is 0 Å². The molecule has 4 rings (SSSR count). The fraction of sp³-hybridized carbons (Fsp3) is 0.417. The topological polar surface area (TPSA) is 70.7 Å². The van der Waals surface area contributed by atoms with E-state index in [9.17, 15) is 14.0 Å². The molecule has 0 aromatic heterocycles. The highest BCUT2D eigenvalue weighted by Crippen LogP contribution is 2.31. The predicted molar refractivity (Wildman–Crippen MR) is 119 cm³/mol. The van der Waals surface area contributed by atoms with Crippen molar-refractivity contribution in [2.24, 2.45) is 0 Å². The zero-order valence-corrected chi connectivity index (χ0v) is 18.0. The van der Waals surface area contributed by atoms with E-state index in [1.807, 2.05) is 6.07 Å². The molecule has 0 spiro atoms. The Hall–Kier alpha value is -3.09. The Morgan fingerprint density at radius 2 is 2.13 bits per heavy atom. The third-order valence-electron chi connectivity index (χ3n) is 6.04. The summed E-state index contributed by atoms with van der Waals surface area (Å²) >= 11 is 0. The van der Waals surface area contributed by atoms with Crippen molar-refractivity contribution in [2.75, 3.05) is 37.0 Å². The van der Waals surface area contributed by atoms with Gasteiger partial charge in [-0.25, -0.2) is 4.39 Å². The van der Waals surface area contributed by atoms with E-state index in [4.69, 9.17) is 4.74 Å². The number of ketones is 1. The molecule has 2 aromatic rings. The van der Waals surface area contributed by atoms with Gasteiger partial charge in [0.25, 0.3) is 5.91 Å². The number of ether oxygens (including phenoxy) is 1. The highest BCUT2D eigenvalue weighted by Gasteiger charge is 2.27. The summed E-state index contributed by atoms with van der Waals surface area (Å²) in [6, 6.07) is 8.35. The zero-order valence-electron chi connectivity index (χ0n) is 18.0. The van der Waals surface area contributed by atoms with Crippen molar-refractivity contribution in [2.45, 2.75) is 38.6 Å². The molecular formula is C24H28FN3O3. The van der Waals surface area contributed by atoms with E-state index in [0.717, 1.165) is 38.1 Å². The fourth-order valence-electron chi connectivity index (χ4n) is 4.35. The number of amides is 1. The highest BCUT2D eigenvalue weighted by atomic mass is 19.1. The number of nitrogens with zero attached hydrogens (tertiary/aromatic N) is 1. The molecule has 2 aromatic carbocycles. The van der Waals surface area contributed by atoms with Gasteiger partial charge in [0.2, 0.25) is 0 Å². The molecule has 0 saturated carbocycles. The minimum atomic E-state index is -0.507. The van der Waals surface area contributed by atoms with Gasteiger partial charge >= 0.3 is 0 Å². The van der Waals surface area contributed by atoms with Crippen molar-refractivity contribution < 1.29 is 18.7 Å². The Balaban J connectivity index is 1.38. The maximum absolute atomic E-state index is 14.0. The Morgan fingerprint density at radius 1 is 1.29 bits per heavy atom. The first-order valence-electron chi connectivity index (χ1n) is 10.8. The summed E-state index contributed by atoms with van der Waals surface area (Å²) in [5, 5.41) is 5.96. The van der Waals surface area contributed by atoms with E-state index in [2.05, 4.69) is 27.7 Å². The van der Waals surface area contributed by atoms with Crippen molar-refractivity contribution >= 4 is 23.1 Å². The van der Waals surface area contributed by atoms with Gasteiger partial charge in [-0.1, -0.05) is 6.07 Å². The first kappa shape index (κ1) is 21.2. The van der Waals surface area contributed by atoms with Crippen molar-refractivity contribution in [1.82, 2.24) is 5.32 Å². The van der Waals surface area contributed by atoms with Gasteiger partial charge < -0.3 is 20.3 Å². The first-order chi connectivity index (χ1) is 15.0. The average molecular weight is 426 g/mol. The number of aryl methyl sites for hydroxylation is 1. The molecular weight excluding hydrogens is 397 g/mol. The second kappa shape index (κ2) is 8.96. The van der Waals surface area contributed by atoms with Crippen molar-refractivity contribution in [1.29, 1.82) is 0 Å². The van der Waals surface area contributed by atoms with Crippen molar-refractivity contribution in [3.05, 3.63) is 52.8 Å². The molecule has 2 aliphatic rings. The van der Waals surface area contributed by atoms with Crippen LogP contribution in [0.2, 0.25) is 0 Å². The second-order valence-electron chi connectivity index (χ2n) is 8.19. The molecule has 0 bridgehead atoms. The van der Waals surface area contributed by atoms with Crippen LogP contribution < -0.4 is 20.3 Å². The van der Waals surface area contributed by atoms with Crippen LogP contribution in [0.5, 0.6) is 5.75 Å². The van der Waals surface area contributed by atoms with Gasteiger partial charge in [0.05, 0.1) is 24.4 Å². The molecule has 1 atom stereocenters. The number of fused-ring (bicyclic) bond motifs is 2. The lowest BCUT2D eigenvalue weighted by molar-refractivity contribution is -0.119. The summed E-state index contributed by atoms with van der Waals surface area (Å²) < 4.78 is 19.4. The molecule has 0 aliphatic carbocycles. The maximum Gasteiger partial charge on any atom is 0.253 e. The molecule has 7 heteroatoms. The lowest BCUT2D eigenvalue weighted by Crippen LogP contribution is -2.36. The predicted octanol–water partition coefficient (Wildman–Crippen LogP) is 3.33. The number of carbonyl (C=O) groups excluding carboxylic acids is 2. The third kappa shape index (κ3) is 4.50. The SMILES string of the molecule is COc1ccc2c(c1)N(CCCNC(=O)c1cc(F)cc3c1NC(C)C(=O)C3)CCC2. The molecule has 2 N–H and O–H groups in total. The minimum Gasteiger partial charge on any atom is -0.497 e. The van der Waals surface area contributed by atoms with Crippen LogP contribution in [0.1, 0.15) is 41.3 Å². The second-order valence-corrected chi connectivity index (χ2v) is 8.19. The van der Waals surface area contributed by atoms with Gasteiger partial charge in [0.1, 0.15) is 11.6 Å². The summed E-state index contributed by atoms with van der Waals surface area (Å²) in [6.07, 6.45) is 3.07. The smallest absolute Gasteiger partial charge is 0.253 e. The number of methoxy groups -OCH3 is 1.